The van der Waals surface area contributed by atoms with Gasteiger partial charge in [-0.05, 0) is 31.2 Å². The summed E-state index contributed by atoms with van der Waals surface area (Å²) < 4.78 is 5.93. The first-order valence-electron chi connectivity index (χ1n) is 5.52. The van der Waals surface area contributed by atoms with Crippen molar-refractivity contribution in [3.8, 4) is 0 Å². The zero-order chi connectivity index (χ0) is 12.7. The van der Waals surface area contributed by atoms with Crippen molar-refractivity contribution in [1.29, 1.82) is 0 Å². The van der Waals surface area contributed by atoms with Crippen molar-refractivity contribution in [1.82, 2.24) is 0 Å². The lowest BCUT2D eigenvalue weighted by Crippen LogP contribution is -2.92. The molecule has 0 saturated carbocycles. The second-order valence-electron chi connectivity index (χ2n) is 3.80. The minimum atomic E-state index is -0.117. The first-order chi connectivity index (χ1) is 8.13. The van der Waals surface area contributed by atoms with Crippen LogP contribution in [-0.4, -0.2) is 32.2 Å². The van der Waals surface area contributed by atoms with E-state index in [9.17, 15) is 4.79 Å². The number of hydrogen-bond donors (Lipinski definition) is 2. The van der Waals surface area contributed by atoms with E-state index >= 15 is 0 Å². The molecule has 0 bridgehead atoms. The van der Waals surface area contributed by atoms with Crippen LogP contribution in [0.2, 0.25) is 0 Å². The van der Waals surface area contributed by atoms with Crippen LogP contribution in [0, 0.1) is 0 Å². The van der Waals surface area contributed by atoms with Crippen LogP contribution in [-0.2, 0) is 9.53 Å². The lowest BCUT2D eigenvalue weighted by molar-refractivity contribution is -0.674. The van der Waals surface area contributed by atoms with E-state index in [-0.39, 0.29) is 11.9 Å². The third kappa shape index (κ3) is 5.30. The number of carbonyl (C=O) groups is 1. The van der Waals surface area contributed by atoms with E-state index in [2.05, 4.69) is 21.2 Å². The highest BCUT2D eigenvalue weighted by atomic mass is 79.9. The summed E-state index contributed by atoms with van der Waals surface area (Å²) >= 11 is 3.35. The predicted octanol–water partition coefficient (Wildman–Crippen LogP) is 0.986. The average Bonchev–Trinajstić information content (AvgIpc) is 2.32. The van der Waals surface area contributed by atoms with E-state index < -0.39 is 0 Å². The number of nitrogens with two attached hydrogens (primary N) is 1. The van der Waals surface area contributed by atoms with Crippen molar-refractivity contribution >= 4 is 27.5 Å². The molecule has 3 N–H and O–H groups in total. The van der Waals surface area contributed by atoms with Crippen molar-refractivity contribution in [3.05, 3.63) is 28.7 Å². The van der Waals surface area contributed by atoms with Crippen LogP contribution in [0.3, 0.4) is 0 Å². The fourth-order valence-electron chi connectivity index (χ4n) is 1.33. The van der Waals surface area contributed by atoms with Gasteiger partial charge in [0.15, 0.2) is 6.04 Å². The van der Waals surface area contributed by atoms with Gasteiger partial charge >= 0.3 is 0 Å². The molecule has 94 valence electrons. The van der Waals surface area contributed by atoms with E-state index in [1.165, 1.54) is 0 Å². The van der Waals surface area contributed by atoms with Gasteiger partial charge in [0.25, 0.3) is 5.91 Å². The number of nitrogens with one attached hydrogen (secondary N) is 1. The Morgan fingerprint density at radius 2 is 2.12 bits per heavy atom. The Hall–Kier alpha value is -0.910. The average molecular weight is 302 g/mol. The number of hydrogen-bond acceptors (Lipinski definition) is 2. The number of methoxy groups -OCH3 is 1. The zero-order valence-electron chi connectivity index (χ0n) is 10.1. The van der Waals surface area contributed by atoms with E-state index in [1.807, 2.05) is 36.5 Å². The first kappa shape index (κ1) is 14.2. The van der Waals surface area contributed by atoms with Gasteiger partial charge in [-0.25, -0.2) is 0 Å². The lowest BCUT2D eigenvalue weighted by Gasteiger charge is -2.11. The summed E-state index contributed by atoms with van der Waals surface area (Å²) in [7, 11) is 1.65. The number of halogens is 1. The molecule has 4 nitrogen and oxygen atoms in total. The summed E-state index contributed by atoms with van der Waals surface area (Å²) in [6.45, 7) is 3.31. The van der Waals surface area contributed by atoms with Crippen LogP contribution in [0.25, 0.3) is 0 Å². The first-order valence-corrected chi connectivity index (χ1v) is 6.31. The number of rotatable bonds is 6. The normalized spacial score (nSPS) is 12.2. The summed E-state index contributed by atoms with van der Waals surface area (Å²) in [4.78, 5) is 11.8. The summed E-state index contributed by atoms with van der Waals surface area (Å²) in [6.07, 6.45) is 0. The van der Waals surface area contributed by atoms with Gasteiger partial charge in [0.2, 0.25) is 0 Å². The second kappa shape index (κ2) is 7.42. The molecule has 5 heteroatoms. The summed E-state index contributed by atoms with van der Waals surface area (Å²) in [5.74, 6) is 0.00317. The van der Waals surface area contributed by atoms with Gasteiger partial charge < -0.3 is 15.4 Å². The maximum Gasteiger partial charge on any atom is 0.282 e. The summed E-state index contributed by atoms with van der Waals surface area (Å²) in [6, 6.07) is 7.41. The van der Waals surface area contributed by atoms with E-state index in [0.717, 1.165) is 16.7 Å². The molecule has 0 aliphatic carbocycles. The smallest absolute Gasteiger partial charge is 0.282 e. The Bertz CT molecular complexity index is 354. The molecule has 0 aliphatic rings. The fourth-order valence-corrected chi connectivity index (χ4v) is 1.60. The molecule has 0 fully saturated rings. The van der Waals surface area contributed by atoms with E-state index in [1.54, 1.807) is 7.11 Å². The molecule has 1 amide bonds. The SMILES string of the molecule is COCC[NH2+][C@H](C)C(=O)Nc1ccc(Br)cc1. The van der Waals surface area contributed by atoms with Crippen molar-refractivity contribution in [2.75, 3.05) is 25.6 Å². The van der Waals surface area contributed by atoms with Gasteiger partial charge in [0.1, 0.15) is 0 Å². The zero-order valence-corrected chi connectivity index (χ0v) is 11.7. The monoisotopic (exact) mass is 301 g/mol. The largest absolute Gasteiger partial charge is 0.379 e. The topological polar surface area (TPSA) is 54.9 Å². The number of quaternary nitrogens is 1. The summed E-state index contributed by atoms with van der Waals surface area (Å²) in [5.41, 5.74) is 0.810. The second-order valence-corrected chi connectivity index (χ2v) is 4.72. The third-order valence-corrected chi connectivity index (χ3v) is 2.90. The minimum absolute atomic E-state index is 0.00317. The standard InChI is InChI=1S/C12H17BrN2O2/c1-9(14-7-8-17-2)12(16)15-11-5-3-10(13)4-6-11/h3-6,9,14H,7-8H2,1-2H3,(H,15,16)/p+1/t9-/m1/s1. The molecule has 17 heavy (non-hydrogen) atoms. The molecule has 0 unspecified atom stereocenters. The van der Waals surface area contributed by atoms with Crippen molar-refractivity contribution in [2.24, 2.45) is 0 Å². The quantitative estimate of drug-likeness (QED) is 0.770. The summed E-state index contributed by atoms with van der Waals surface area (Å²) in [5, 5.41) is 4.82. The predicted molar refractivity (Wildman–Crippen MR) is 70.9 cm³/mol. The lowest BCUT2D eigenvalue weighted by atomic mass is 10.2. The number of ether oxygens (including phenoxy) is 1. The highest BCUT2D eigenvalue weighted by Gasteiger charge is 2.15. The van der Waals surface area contributed by atoms with Gasteiger partial charge in [-0.15, -0.1) is 0 Å². The highest BCUT2D eigenvalue weighted by molar-refractivity contribution is 9.10. The van der Waals surface area contributed by atoms with Crippen LogP contribution in [0.5, 0.6) is 0 Å². The van der Waals surface area contributed by atoms with Gasteiger partial charge in [-0.2, -0.15) is 0 Å². The molecule has 0 aliphatic heterocycles. The van der Waals surface area contributed by atoms with Gasteiger partial charge in [-0.3, -0.25) is 4.79 Å². The van der Waals surface area contributed by atoms with Gasteiger partial charge in [-0.1, -0.05) is 15.9 Å². The Labute approximate surface area is 110 Å². The van der Waals surface area contributed by atoms with E-state index in [0.29, 0.717) is 6.61 Å². The molecule has 1 atom stereocenters. The third-order valence-electron chi connectivity index (χ3n) is 2.37. The van der Waals surface area contributed by atoms with Gasteiger partial charge in [0, 0.05) is 17.3 Å². The Balaban J connectivity index is 2.40. The Kier molecular flexibility index (Phi) is 6.18. The van der Waals surface area contributed by atoms with Crippen molar-refractivity contribution in [3.63, 3.8) is 0 Å². The van der Waals surface area contributed by atoms with Crippen LogP contribution in [0.15, 0.2) is 28.7 Å². The number of anilines is 1. The minimum Gasteiger partial charge on any atom is -0.379 e. The highest BCUT2D eigenvalue weighted by Crippen LogP contribution is 2.13. The van der Waals surface area contributed by atoms with Crippen molar-refractivity contribution in [2.45, 2.75) is 13.0 Å². The molecule has 0 aromatic heterocycles. The molecule has 1 rings (SSSR count). The molecular formula is C12H18BrN2O2+. The number of amides is 1. The molecule has 1 aromatic rings. The molecule has 1 aromatic carbocycles. The Morgan fingerprint density at radius 3 is 2.71 bits per heavy atom. The van der Waals surface area contributed by atoms with Crippen LogP contribution < -0.4 is 10.6 Å². The van der Waals surface area contributed by atoms with E-state index in [4.69, 9.17) is 4.74 Å². The molecular weight excluding hydrogens is 284 g/mol. The van der Waals surface area contributed by atoms with Crippen LogP contribution in [0.1, 0.15) is 6.92 Å². The molecule has 0 spiro atoms. The number of benzene rings is 1. The molecule has 0 heterocycles. The van der Waals surface area contributed by atoms with Crippen LogP contribution >= 0.6 is 15.9 Å². The maximum atomic E-state index is 11.8. The van der Waals surface area contributed by atoms with Crippen molar-refractivity contribution < 1.29 is 14.8 Å². The molecule has 0 radical (unpaired) electrons. The fraction of sp³-hybridized carbons (Fsp3) is 0.417. The van der Waals surface area contributed by atoms with Crippen LogP contribution in [0.4, 0.5) is 5.69 Å². The van der Waals surface area contributed by atoms with Gasteiger partial charge in [0.05, 0.1) is 13.2 Å². The maximum absolute atomic E-state index is 11.8. The number of carbonyl (C=O) groups excluding carboxylic acids is 1. The Morgan fingerprint density at radius 1 is 1.47 bits per heavy atom. The molecule has 0 saturated heterocycles.